The molecule has 0 saturated heterocycles. The molecule has 1 N–H and O–H groups in total. The fourth-order valence-electron chi connectivity index (χ4n) is 3.51. The number of nitrogens with one attached hydrogen (secondary N) is 1. The molecule has 118 valence electrons. The number of hydrogen-bond acceptors (Lipinski definition) is 3. The van der Waals surface area contributed by atoms with Crippen LogP contribution in [-0.4, -0.2) is 10.8 Å². The van der Waals surface area contributed by atoms with Gasteiger partial charge < -0.3 is 5.32 Å². The first-order valence-corrected chi connectivity index (χ1v) is 7.95. The number of halogens is 1. The third-order valence-electron chi connectivity index (χ3n) is 4.49. The summed E-state index contributed by atoms with van der Waals surface area (Å²) in [6, 6.07) is 8.18. The average Bonchev–Trinajstić information content (AvgIpc) is 2.45. The van der Waals surface area contributed by atoms with Gasteiger partial charge in [-0.2, -0.15) is 5.26 Å². The Morgan fingerprint density at radius 2 is 1.96 bits per heavy atom. The van der Waals surface area contributed by atoms with Gasteiger partial charge in [0.1, 0.15) is 11.7 Å². The number of carbonyl (C=O) groups excluding carboxylic acids is 1. The number of thiocarbonyl (C=S) groups is 1. The third-order valence-corrected chi connectivity index (χ3v) is 4.85. The van der Waals surface area contributed by atoms with Crippen LogP contribution in [0.1, 0.15) is 38.2 Å². The monoisotopic (exact) mass is 328 g/mol. The Balaban J connectivity index is 2.16. The fraction of sp³-hybridized carbons (Fsp3) is 0.389. The van der Waals surface area contributed by atoms with Crippen LogP contribution in [0.25, 0.3) is 0 Å². The quantitative estimate of drug-likeness (QED) is 0.800. The maximum atomic E-state index is 13.2. The van der Waals surface area contributed by atoms with Gasteiger partial charge in [-0.1, -0.05) is 38.2 Å². The van der Waals surface area contributed by atoms with Crippen molar-refractivity contribution in [3.63, 3.8) is 0 Å². The number of Topliss-reactive ketones (excluding diaryl/α,β-unsaturated/α-hetero) is 1. The van der Waals surface area contributed by atoms with Crippen molar-refractivity contribution in [3.05, 3.63) is 46.9 Å². The lowest BCUT2D eigenvalue weighted by Gasteiger charge is -2.40. The Bertz CT molecular complexity index is 758. The molecule has 1 aliphatic carbocycles. The second-order valence-electron chi connectivity index (χ2n) is 6.96. The molecule has 0 fully saturated rings. The largest absolute Gasteiger partial charge is 0.352 e. The molecular weight excluding hydrogens is 311 g/mol. The maximum absolute atomic E-state index is 13.2. The lowest BCUT2D eigenvalue weighted by atomic mass is 9.67. The SMILES string of the molecule is CC1(C)CC(=O)C2=C(C1)NC(=S)[C@@H](C#N)[C@H]2c1ccc(F)cc1. The molecule has 0 spiro atoms. The standard InChI is InChI=1S/C18H17FN2OS/c1-18(2)7-13-16(14(22)8-18)15(12(9-20)17(23)21-13)10-3-5-11(19)6-4-10/h3-6,12,15H,7-8H2,1-2H3,(H,21,23)/t12-,15+/m0/s1. The van der Waals surface area contributed by atoms with Crippen molar-refractivity contribution in [1.82, 2.24) is 5.32 Å². The molecule has 1 aromatic rings. The van der Waals surface area contributed by atoms with E-state index in [0.717, 1.165) is 11.3 Å². The number of carbonyl (C=O) groups is 1. The molecule has 3 nitrogen and oxygen atoms in total. The van der Waals surface area contributed by atoms with Crippen LogP contribution < -0.4 is 5.32 Å². The van der Waals surface area contributed by atoms with Crippen LogP contribution >= 0.6 is 12.2 Å². The summed E-state index contributed by atoms with van der Waals surface area (Å²) >= 11 is 5.36. The molecule has 0 unspecified atom stereocenters. The minimum atomic E-state index is -0.612. The van der Waals surface area contributed by atoms with Gasteiger partial charge in [0.05, 0.1) is 11.1 Å². The van der Waals surface area contributed by atoms with E-state index < -0.39 is 11.8 Å². The summed E-state index contributed by atoms with van der Waals surface area (Å²) < 4.78 is 13.2. The lowest BCUT2D eigenvalue weighted by molar-refractivity contribution is -0.118. The molecular formula is C18H17FN2OS. The molecule has 5 heteroatoms. The van der Waals surface area contributed by atoms with Crippen LogP contribution in [-0.2, 0) is 4.79 Å². The molecule has 0 amide bonds. The highest BCUT2D eigenvalue weighted by Gasteiger charge is 2.44. The van der Waals surface area contributed by atoms with E-state index in [1.807, 2.05) is 13.8 Å². The summed E-state index contributed by atoms with van der Waals surface area (Å²) in [6.07, 6.45) is 1.15. The summed E-state index contributed by atoms with van der Waals surface area (Å²) in [6.45, 7) is 4.09. The molecule has 2 atom stereocenters. The topological polar surface area (TPSA) is 52.9 Å². The van der Waals surface area contributed by atoms with E-state index in [4.69, 9.17) is 12.2 Å². The van der Waals surface area contributed by atoms with Gasteiger partial charge in [-0.15, -0.1) is 0 Å². The third kappa shape index (κ3) is 2.79. The van der Waals surface area contributed by atoms with Crippen molar-refractivity contribution in [1.29, 1.82) is 5.26 Å². The van der Waals surface area contributed by atoms with Gasteiger partial charge in [-0.3, -0.25) is 4.79 Å². The minimum Gasteiger partial charge on any atom is -0.352 e. The number of ketones is 1. The number of nitriles is 1. The highest BCUT2D eigenvalue weighted by Crippen LogP contribution is 2.45. The number of benzene rings is 1. The van der Waals surface area contributed by atoms with E-state index in [9.17, 15) is 14.4 Å². The van der Waals surface area contributed by atoms with Crippen LogP contribution in [0, 0.1) is 28.5 Å². The van der Waals surface area contributed by atoms with Gasteiger partial charge in [0.25, 0.3) is 0 Å². The van der Waals surface area contributed by atoms with Crippen LogP contribution in [0.3, 0.4) is 0 Å². The molecule has 0 aromatic heterocycles. The van der Waals surface area contributed by atoms with Gasteiger partial charge in [-0.25, -0.2) is 4.39 Å². The number of rotatable bonds is 1. The molecule has 3 rings (SSSR count). The Hall–Kier alpha value is -2.06. The van der Waals surface area contributed by atoms with Crippen molar-refractivity contribution in [2.24, 2.45) is 11.3 Å². The first-order chi connectivity index (χ1) is 10.8. The number of allylic oxidation sites excluding steroid dienone is 2. The van der Waals surface area contributed by atoms with Crippen LogP contribution in [0.15, 0.2) is 35.5 Å². The average molecular weight is 328 g/mol. The van der Waals surface area contributed by atoms with Gasteiger partial charge in [-0.05, 0) is 29.5 Å². The molecule has 2 aliphatic rings. The van der Waals surface area contributed by atoms with E-state index in [1.54, 1.807) is 12.1 Å². The molecule has 1 aromatic carbocycles. The van der Waals surface area contributed by atoms with Crippen LogP contribution in [0.4, 0.5) is 4.39 Å². The predicted octanol–water partition coefficient (Wildman–Crippen LogP) is 3.62. The highest BCUT2D eigenvalue weighted by atomic mass is 32.1. The van der Waals surface area contributed by atoms with E-state index in [2.05, 4.69) is 11.4 Å². The number of nitrogens with zero attached hydrogens (tertiary/aromatic N) is 1. The zero-order chi connectivity index (χ0) is 16.8. The highest BCUT2D eigenvalue weighted by molar-refractivity contribution is 7.80. The van der Waals surface area contributed by atoms with Gasteiger partial charge >= 0.3 is 0 Å². The minimum absolute atomic E-state index is 0.0424. The molecule has 0 bridgehead atoms. The van der Waals surface area contributed by atoms with Crippen molar-refractivity contribution in [2.75, 3.05) is 0 Å². The van der Waals surface area contributed by atoms with Crippen molar-refractivity contribution >= 4 is 23.0 Å². The molecule has 23 heavy (non-hydrogen) atoms. The van der Waals surface area contributed by atoms with E-state index >= 15 is 0 Å². The lowest BCUT2D eigenvalue weighted by Crippen LogP contribution is -2.44. The smallest absolute Gasteiger partial charge is 0.161 e. The van der Waals surface area contributed by atoms with E-state index in [0.29, 0.717) is 23.4 Å². The Morgan fingerprint density at radius 1 is 1.30 bits per heavy atom. The summed E-state index contributed by atoms with van der Waals surface area (Å²) in [5, 5.41) is 12.7. The van der Waals surface area contributed by atoms with Crippen molar-refractivity contribution in [3.8, 4) is 6.07 Å². The summed E-state index contributed by atoms with van der Waals surface area (Å²) in [5.41, 5.74) is 2.07. The summed E-state index contributed by atoms with van der Waals surface area (Å²) in [7, 11) is 0. The van der Waals surface area contributed by atoms with E-state index in [1.165, 1.54) is 12.1 Å². The van der Waals surface area contributed by atoms with Crippen molar-refractivity contribution in [2.45, 2.75) is 32.6 Å². The van der Waals surface area contributed by atoms with Gasteiger partial charge in [0.15, 0.2) is 5.78 Å². The van der Waals surface area contributed by atoms with Crippen LogP contribution in [0.2, 0.25) is 0 Å². The van der Waals surface area contributed by atoms with Crippen molar-refractivity contribution < 1.29 is 9.18 Å². The summed E-state index contributed by atoms with van der Waals surface area (Å²) in [4.78, 5) is 13.2. The van der Waals surface area contributed by atoms with E-state index in [-0.39, 0.29) is 17.0 Å². The van der Waals surface area contributed by atoms with Gasteiger partial charge in [0.2, 0.25) is 0 Å². The zero-order valence-corrected chi connectivity index (χ0v) is 13.8. The predicted molar refractivity (Wildman–Crippen MR) is 89.0 cm³/mol. The molecule has 0 saturated carbocycles. The van der Waals surface area contributed by atoms with Crippen LogP contribution in [0.5, 0.6) is 0 Å². The normalized spacial score (nSPS) is 26.3. The zero-order valence-electron chi connectivity index (χ0n) is 13.0. The molecule has 1 heterocycles. The molecule has 1 aliphatic heterocycles. The summed E-state index contributed by atoms with van der Waals surface area (Å²) in [5.74, 6) is -1.34. The Labute approximate surface area is 140 Å². The second kappa shape index (κ2) is 5.54. The maximum Gasteiger partial charge on any atom is 0.161 e. The Kier molecular flexibility index (Phi) is 3.81. The first kappa shape index (κ1) is 15.8. The van der Waals surface area contributed by atoms with Gasteiger partial charge in [0, 0.05) is 23.6 Å². The fourth-order valence-corrected chi connectivity index (χ4v) is 3.83. The number of hydrogen-bond donors (Lipinski definition) is 1. The molecule has 0 radical (unpaired) electrons. The first-order valence-electron chi connectivity index (χ1n) is 7.54. The second-order valence-corrected chi connectivity index (χ2v) is 7.40. The Morgan fingerprint density at radius 3 is 2.57 bits per heavy atom.